The van der Waals surface area contributed by atoms with Crippen molar-refractivity contribution in [3.8, 4) is 0 Å². The monoisotopic (exact) mass is 372 g/mol. The van der Waals surface area contributed by atoms with Crippen LogP contribution in [-0.2, 0) is 20.2 Å². The van der Waals surface area contributed by atoms with E-state index >= 15 is 0 Å². The number of rotatable bonds is 3. The SMILES string of the molecule is CC1(C)C(=O)Nc2ccc(NS(=O)(=O)c3ccc4[nH]c(=O)[nH]c4c3)cc21. The molecule has 134 valence electrons. The molecule has 9 heteroatoms. The summed E-state index contributed by atoms with van der Waals surface area (Å²) in [6.45, 7) is 3.56. The van der Waals surface area contributed by atoms with E-state index in [1.807, 2.05) is 0 Å². The summed E-state index contributed by atoms with van der Waals surface area (Å²) in [5.74, 6) is -0.130. The molecule has 1 aromatic heterocycles. The molecule has 4 rings (SSSR count). The van der Waals surface area contributed by atoms with Gasteiger partial charge in [-0.3, -0.25) is 9.52 Å². The summed E-state index contributed by atoms with van der Waals surface area (Å²) in [5, 5.41) is 2.78. The summed E-state index contributed by atoms with van der Waals surface area (Å²) >= 11 is 0. The van der Waals surface area contributed by atoms with E-state index in [9.17, 15) is 18.0 Å². The average molecular weight is 372 g/mol. The Morgan fingerprint density at radius 3 is 2.46 bits per heavy atom. The fourth-order valence-corrected chi connectivity index (χ4v) is 4.10. The summed E-state index contributed by atoms with van der Waals surface area (Å²) in [5.41, 5.74) is 1.56. The lowest BCUT2D eigenvalue weighted by molar-refractivity contribution is -0.119. The van der Waals surface area contributed by atoms with Crippen LogP contribution in [0, 0.1) is 0 Å². The van der Waals surface area contributed by atoms with E-state index in [4.69, 9.17) is 0 Å². The fraction of sp³-hybridized carbons (Fsp3) is 0.176. The van der Waals surface area contributed by atoms with Crippen LogP contribution in [0.15, 0.2) is 46.1 Å². The number of sulfonamides is 1. The molecule has 2 aromatic carbocycles. The lowest BCUT2D eigenvalue weighted by Crippen LogP contribution is -2.26. The number of hydrogen-bond donors (Lipinski definition) is 4. The Labute approximate surface area is 148 Å². The minimum Gasteiger partial charge on any atom is -0.325 e. The Kier molecular flexibility index (Phi) is 3.29. The number of H-pyrrole nitrogens is 2. The first-order valence-corrected chi connectivity index (χ1v) is 9.36. The van der Waals surface area contributed by atoms with Crippen LogP contribution in [-0.4, -0.2) is 24.3 Å². The van der Waals surface area contributed by atoms with Crippen molar-refractivity contribution in [2.45, 2.75) is 24.2 Å². The molecule has 3 aromatic rings. The third-order valence-corrected chi connectivity index (χ3v) is 5.94. The molecule has 1 amide bonds. The van der Waals surface area contributed by atoms with Crippen molar-refractivity contribution < 1.29 is 13.2 Å². The maximum Gasteiger partial charge on any atom is 0.323 e. The molecule has 0 bridgehead atoms. The van der Waals surface area contributed by atoms with Gasteiger partial charge in [0.2, 0.25) is 5.91 Å². The van der Waals surface area contributed by atoms with Gasteiger partial charge in [-0.1, -0.05) is 0 Å². The van der Waals surface area contributed by atoms with Crippen LogP contribution in [0.4, 0.5) is 11.4 Å². The van der Waals surface area contributed by atoms with Crippen LogP contribution in [0.2, 0.25) is 0 Å². The lowest BCUT2D eigenvalue weighted by Gasteiger charge is -2.16. The Hall–Kier alpha value is -3.07. The van der Waals surface area contributed by atoms with Crippen molar-refractivity contribution in [1.29, 1.82) is 0 Å². The van der Waals surface area contributed by atoms with Crippen LogP contribution in [0.1, 0.15) is 19.4 Å². The second kappa shape index (κ2) is 5.21. The third-order valence-electron chi connectivity index (χ3n) is 4.56. The Balaban J connectivity index is 1.71. The average Bonchev–Trinajstić information content (AvgIpc) is 3.04. The molecule has 26 heavy (non-hydrogen) atoms. The molecule has 2 heterocycles. The number of nitrogens with one attached hydrogen (secondary N) is 4. The second-order valence-electron chi connectivity index (χ2n) is 6.73. The van der Waals surface area contributed by atoms with E-state index in [1.54, 1.807) is 32.0 Å². The highest BCUT2D eigenvalue weighted by molar-refractivity contribution is 7.92. The van der Waals surface area contributed by atoms with Gasteiger partial charge in [0.15, 0.2) is 0 Å². The Morgan fingerprint density at radius 1 is 0.962 bits per heavy atom. The van der Waals surface area contributed by atoms with Crippen LogP contribution in [0.5, 0.6) is 0 Å². The van der Waals surface area contributed by atoms with Gasteiger partial charge in [-0.2, -0.15) is 0 Å². The van der Waals surface area contributed by atoms with E-state index in [-0.39, 0.29) is 10.8 Å². The molecule has 0 aliphatic carbocycles. The first-order valence-electron chi connectivity index (χ1n) is 7.88. The number of carbonyl (C=O) groups excluding carboxylic acids is 1. The summed E-state index contributed by atoms with van der Waals surface area (Å²) in [7, 11) is -3.86. The van der Waals surface area contributed by atoms with Gasteiger partial charge in [0.25, 0.3) is 10.0 Å². The molecule has 0 unspecified atom stereocenters. The van der Waals surface area contributed by atoms with Crippen molar-refractivity contribution in [1.82, 2.24) is 9.97 Å². The molecule has 0 fully saturated rings. The molecule has 8 nitrogen and oxygen atoms in total. The van der Waals surface area contributed by atoms with Gasteiger partial charge in [-0.25, -0.2) is 13.2 Å². The number of benzene rings is 2. The zero-order valence-corrected chi connectivity index (χ0v) is 14.8. The fourth-order valence-electron chi connectivity index (χ4n) is 3.03. The van der Waals surface area contributed by atoms with Gasteiger partial charge in [-0.15, -0.1) is 0 Å². The second-order valence-corrected chi connectivity index (χ2v) is 8.41. The number of imidazole rings is 1. The summed E-state index contributed by atoms with van der Waals surface area (Å²) in [6, 6.07) is 9.24. The molecular formula is C17H16N4O4S. The van der Waals surface area contributed by atoms with Gasteiger partial charge in [0.05, 0.1) is 21.3 Å². The molecule has 1 aliphatic rings. The Morgan fingerprint density at radius 2 is 1.69 bits per heavy atom. The maximum absolute atomic E-state index is 12.7. The maximum atomic E-state index is 12.7. The van der Waals surface area contributed by atoms with E-state index in [2.05, 4.69) is 20.0 Å². The van der Waals surface area contributed by atoms with E-state index in [0.29, 0.717) is 22.4 Å². The van der Waals surface area contributed by atoms with E-state index < -0.39 is 21.1 Å². The first kappa shape index (κ1) is 16.4. The van der Waals surface area contributed by atoms with E-state index in [0.717, 1.165) is 5.56 Å². The van der Waals surface area contributed by atoms with Gasteiger partial charge >= 0.3 is 5.69 Å². The van der Waals surface area contributed by atoms with Crippen molar-refractivity contribution >= 4 is 38.3 Å². The number of aromatic nitrogens is 2. The van der Waals surface area contributed by atoms with Crippen molar-refractivity contribution in [3.63, 3.8) is 0 Å². The third kappa shape index (κ3) is 2.48. The summed E-state index contributed by atoms with van der Waals surface area (Å²) in [4.78, 5) is 28.5. The number of aromatic amines is 2. The number of amides is 1. The molecular weight excluding hydrogens is 356 g/mol. The number of carbonyl (C=O) groups is 1. The molecule has 0 spiro atoms. The smallest absolute Gasteiger partial charge is 0.323 e. The van der Waals surface area contributed by atoms with Crippen molar-refractivity contribution in [3.05, 3.63) is 52.4 Å². The standard InChI is InChI=1S/C17H16N4O4S/c1-17(2)11-7-9(3-5-12(11)18-15(17)22)21-26(24,25)10-4-6-13-14(8-10)20-16(23)19-13/h3-8,21H,1-2H3,(H,18,22)(H2,19,20,23). The highest BCUT2D eigenvalue weighted by Crippen LogP contribution is 2.39. The van der Waals surface area contributed by atoms with Crippen molar-refractivity contribution in [2.75, 3.05) is 10.0 Å². The van der Waals surface area contributed by atoms with Crippen LogP contribution >= 0.6 is 0 Å². The first-order chi connectivity index (χ1) is 12.2. The normalized spacial score (nSPS) is 15.7. The quantitative estimate of drug-likeness (QED) is 0.560. The van der Waals surface area contributed by atoms with Crippen LogP contribution in [0.3, 0.4) is 0 Å². The zero-order valence-electron chi connectivity index (χ0n) is 14.0. The minimum atomic E-state index is -3.86. The molecule has 1 aliphatic heterocycles. The van der Waals surface area contributed by atoms with Gasteiger partial charge in [0.1, 0.15) is 0 Å². The molecule has 0 atom stereocenters. The molecule has 0 saturated carbocycles. The predicted molar refractivity (Wildman–Crippen MR) is 97.8 cm³/mol. The lowest BCUT2D eigenvalue weighted by atomic mass is 9.86. The number of anilines is 2. The van der Waals surface area contributed by atoms with Gasteiger partial charge in [0, 0.05) is 11.4 Å². The van der Waals surface area contributed by atoms with Gasteiger partial charge in [-0.05, 0) is 55.8 Å². The summed E-state index contributed by atoms with van der Waals surface area (Å²) < 4.78 is 27.9. The number of fused-ring (bicyclic) bond motifs is 2. The molecule has 4 N–H and O–H groups in total. The zero-order chi connectivity index (χ0) is 18.7. The topological polar surface area (TPSA) is 124 Å². The highest BCUT2D eigenvalue weighted by atomic mass is 32.2. The minimum absolute atomic E-state index is 0.0224. The van der Waals surface area contributed by atoms with Gasteiger partial charge < -0.3 is 15.3 Å². The predicted octanol–water partition coefficient (Wildman–Crippen LogP) is 1.89. The van der Waals surface area contributed by atoms with Crippen molar-refractivity contribution in [2.24, 2.45) is 0 Å². The van der Waals surface area contributed by atoms with Crippen LogP contribution in [0.25, 0.3) is 11.0 Å². The molecule has 0 radical (unpaired) electrons. The summed E-state index contributed by atoms with van der Waals surface area (Å²) in [6.07, 6.45) is 0. The highest BCUT2D eigenvalue weighted by Gasteiger charge is 2.38. The van der Waals surface area contributed by atoms with E-state index in [1.165, 1.54) is 18.2 Å². The Bertz CT molecular complexity index is 1220. The largest absolute Gasteiger partial charge is 0.325 e. The molecule has 0 saturated heterocycles. The number of hydrogen-bond acceptors (Lipinski definition) is 4. The van der Waals surface area contributed by atoms with Crippen LogP contribution < -0.4 is 15.7 Å².